The van der Waals surface area contributed by atoms with E-state index in [0.29, 0.717) is 38.3 Å². The number of hydrogen-bond donors (Lipinski definition) is 0. The van der Waals surface area contributed by atoms with Gasteiger partial charge >= 0.3 is 6.18 Å². The van der Waals surface area contributed by atoms with Crippen molar-refractivity contribution in [1.29, 1.82) is 0 Å². The van der Waals surface area contributed by atoms with Crippen molar-refractivity contribution in [2.24, 2.45) is 0 Å². The summed E-state index contributed by atoms with van der Waals surface area (Å²) in [6.45, 7) is 5.61. The first-order valence-electron chi connectivity index (χ1n) is 9.61. The van der Waals surface area contributed by atoms with Crippen molar-refractivity contribution in [2.45, 2.75) is 32.4 Å². The highest BCUT2D eigenvalue weighted by atomic mass is 19.4. The van der Waals surface area contributed by atoms with E-state index in [1.165, 1.54) is 24.3 Å². The van der Waals surface area contributed by atoms with E-state index in [9.17, 15) is 22.4 Å². The van der Waals surface area contributed by atoms with Crippen molar-refractivity contribution < 1.29 is 22.4 Å². The molecule has 2 aromatic carbocycles. The highest BCUT2D eigenvalue weighted by Gasteiger charge is 2.32. The zero-order valence-electron chi connectivity index (χ0n) is 16.5. The molecule has 1 amide bonds. The number of nitrogens with zero attached hydrogens (tertiary/aromatic N) is 2. The Balaban J connectivity index is 1.60. The van der Waals surface area contributed by atoms with Crippen LogP contribution in [0, 0.1) is 12.7 Å². The number of piperazine rings is 1. The Morgan fingerprint density at radius 3 is 2.24 bits per heavy atom. The van der Waals surface area contributed by atoms with E-state index < -0.39 is 11.7 Å². The van der Waals surface area contributed by atoms with Crippen molar-refractivity contribution in [1.82, 2.24) is 4.90 Å². The summed E-state index contributed by atoms with van der Waals surface area (Å²) in [6.07, 6.45) is -4.06. The van der Waals surface area contributed by atoms with Crippen molar-refractivity contribution in [3.63, 3.8) is 0 Å². The first-order valence-corrected chi connectivity index (χ1v) is 9.61. The normalized spacial score (nSPS) is 16.1. The van der Waals surface area contributed by atoms with E-state index in [2.05, 4.69) is 0 Å². The SMILES string of the molecule is Cc1ccc(C(F)(F)F)cc1N1CCN(C(=O)C[C@@H](C)c2ccc(F)cc2)CC1. The van der Waals surface area contributed by atoms with E-state index >= 15 is 0 Å². The summed E-state index contributed by atoms with van der Waals surface area (Å²) in [7, 11) is 0. The molecule has 0 radical (unpaired) electrons. The Hall–Kier alpha value is -2.57. The van der Waals surface area contributed by atoms with Gasteiger partial charge in [0.1, 0.15) is 5.82 Å². The second kappa shape index (κ2) is 8.43. The Morgan fingerprint density at radius 1 is 1.03 bits per heavy atom. The summed E-state index contributed by atoms with van der Waals surface area (Å²) >= 11 is 0. The monoisotopic (exact) mass is 408 g/mol. The number of rotatable bonds is 4. The number of carbonyl (C=O) groups excluding carboxylic acids is 1. The molecule has 0 aromatic heterocycles. The summed E-state index contributed by atoms with van der Waals surface area (Å²) in [6, 6.07) is 9.89. The van der Waals surface area contributed by atoms with Crippen molar-refractivity contribution >= 4 is 11.6 Å². The topological polar surface area (TPSA) is 23.6 Å². The van der Waals surface area contributed by atoms with Crippen LogP contribution in [0.15, 0.2) is 42.5 Å². The number of anilines is 1. The highest BCUT2D eigenvalue weighted by Crippen LogP contribution is 2.33. The van der Waals surface area contributed by atoms with Crippen LogP contribution in [0.4, 0.5) is 23.2 Å². The Labute approximate surface area is 167 Å². The number of carbonyl (C=O) groups is 1. The zero-order chi connectivity index (χ0) is 21.2. The summed E-state index contributed by atoms with van der Waals surface area (Å²) in [5.41, 5.74) is 1.58. The van der Waals surface area contributed by atoms with Crippen molar-refractivity contribution in [3.05, 3.63) is 65.0 Å². The van der Waals surface area contributed by atoms with Gasteiger partial charge in [0.2, 0.25) is 5.91 Å². The van der Waals surface area contributed by atoms with E-state index in [4.69, 9.17) is 0 Å². The Morgan fingerprint density at radius 2 is 1.66 bits per heavy atom. The fraction of sp³-hybridized carbons (Fsp3) is 0.409. The summed E-state index contributed by atoms with van der Waals surface area (Å²) in [5, 5.41) is 0. The van der Waals surface area contributed by atoms with Crippen LogP contribution < -0.4 is 4.90 Å². The molecule has 3 rings (SSSR count). The Kier molecular flexibility index (Phi) is 6.15. The lowest BCUT2D eigenvalue weighted by Gasteiger charge is -2.37. The molecule has 0 N–H and O–H groups in total. The molecular formula is C22H24F4N2O. The lowest BCUT2D eigenvalue weighted by Crippen LogP contribution is -2.49. The van der Waals surface area contributed by atoms with Crippen LogP contribution in [0.1, 0.15) is 36.0 Å². The van der Waals surface area contributed by atoms with Crippen molar-refractivity contribution in [3.8, 4) is 0 Å². The first-order chi connectivity index (χ1) is 13.6. The maximum atomic E-state index is 13.1. The standard InChI is InChI=1S/C22H24F4N2O/c1-15-3-6-18(22(24,25)26)14-20(15)27-9-11-28(12-10-27)21(29)13-16(2)17-4-7-19(23)8-5-17/h3-8,14,16H,9-13H2,1-2H3/t16-/m1/s1. The number of benzene rings is 2. The zero-order valence-corrected chi connectivity index (χ0v) is 16.5. The molecule has 7 heteroatoms. The van der Waals surface area contributed by atoms with Gasteiger partial charge in [0.25, 0.3) is 0 Å². The van der Waals surface area contributed by atoms with E-state index in [1.807, 2.05) is 11.8 Å². The molecule has 1 aliphatic heterocycles. The fourth-order valence-corrected chi connectivity index (χ4v) is 3.62. The van der Waals surface area contributed by atoms with Gasteiger partial charge in [-0.15, -0.1) is 0 Å². The number of hydrogen-bond acceptors (Lipinski definition) is 2. The minimum atomic E-state index is -4.38. The molecule has 1 aliphatic rings. The minimum Gasteiger partial charge on any atom is -0.368 e. The van der Waals surface area contributed by atoms with Gasteiger partial charge in [-0.1, -0.05) is 25.1 Å². The third-order valence-corrected chi connectivity index (χ3v) is 5.43. The quantitative estimate of drug-likeness (QED) is 0.665. The number of aryl methyl sites for hydroxylation is 1. The second-order valence-corrected chi connectivity index (χ2v) is 7.52. The third kappa shape index (κ3) is 5.08. The average molecular weight is 408 g/mol. The fourth-order valence-electron chi connectivity index (χ4n) is 3.62. The van der Waals surface area contributed by atoms with Gasteiger partial charge in [0.05, 0.1) is 5.56 Å². The molecular weight excluding hydrogens is 384 g/mol. The molecule has 1 atom stereocenters. The molecule has 3 nitrogen and oxygen atoms in total. The van der Waals surface area contributed by atoms with Crippen LogP contribution in [0.5, 0.6) is 0 Å². The largest absolute Gasteiger partial charge is 0.416 e. The average Bonchev–Trinajstić information content (AvgIpc) is 2.68. The maximum absolute atomic E-state index is 13.1. The van der Waals surface area contributed by atoms with Crippen LogP contribution in [0.25, 0.3) is 0 Å². The molecule has 1 saturated heterocycles. The van der Waals surface area contributed by atoms with Gasteiger partial charge in [-0.3, -0.25) is 4.79 Å². The minimum absolute atomic E-state index is 0.00207. The summed E-state index contributed by atoms with van der Waals surface area (Å²) < 4.78 is 52.1. The molecule has 2 aromatic rings. The van der Waals surface area contributed by atoms with Crippen molar-refractivity contribution in [2.75, 3.05) is 31.1 Å². The van der Waals surface area contributed by atoms with Gasteiger partial charge < -0.3 is 9.80 Å². The van der Waals surface area contributed by atoms with Gasteiger partial charge in [0, 0.05) is 38.3 Å². The molecule has 0 spiro atoms. The second-order valence-electron chi connectivity index (χ2n) is 7.52. The first kappa shape index (κ1) is 21.1. The van der Waals surface area contributed by atoms with E-state index in [1.54, 1.807) is 24.0 Å². The molecule has 156 valence electrons. The lowest BCUT2D eigenvalue weighted by atomic mass is 9.97. The van der Waals surface area contributed by atoms with Crippen LogP contribution >= 0.6 is 0 Å². The number of halogens is 4. The summed E-state index contributed by atoms with van der Waals surface area (Å²) in [4.78, 5) is 16.3. The van der Waals surface area contributed by atoms with Crippen LogP contribution in [-0.2, 0) is 11.0 Å². The van der Waals surface area contributed by atoms with Crippen LogP contribution in [0.3, 0.4) is 0 Å². The molecule has 1 fully saturated rings. The maximum Gasteiger partial charge on any atom is 0.416 e. The van der Waals surface area contributed by atoms with Crippen LogP contribution in [0.2, 0.25) is 0 Å². The molecule has 0 aliphatic carbocycles. The van der Waals surface area contributed by atoms with E-state index in [0.717, 1.165) is 17.2 Å². The number of amides is 1. The van der Waals surface area contributed by atoms with E-state index in [-0.39, 0.29) is 17.6 Å². The van der Waals surface area contributed by atoms with Crippen LogP contribution in [-0.4, -0.2) is 37.0 Å². The molecule has 0 saturated carbocycles. The Bertz CT molecular complexity index is 856. The third-order valence-electron chi connectivity index (χ3n) is 5.43. The summed E-state index contributed by atoms with van der Waals surface area (Å²) in [5.74, 6) is -0.345. The van der Waals surface area contributed by atoms with Gasteiger partial charge in [-0.25, -0.2) is 4.39 Å². The predicted molar refractivity (Wildman–Crippen MR) is 104 cm³/mol. The predicted octanol–water partition coefficient (Wildman–Crippen LogP) is 5.00. The van der Waals surface area contributed by atoms with Gasteiger partial charge in [-0.2, -0.15) is 13.2 Å². The molecule has 0 unspecified atom stereocenters. The lowest BCUT2D eigenvalue weighted by molar-refractivity contribution is -0.137. The number of alkyl halides is 3. The molecule has 1 heterocycles. The highest BCUT2D eigenvalue weighted by molar-refractivity contribution is 5.77. The smallest absolute Gasteiger partial charge is 0.368 e. The molecule has 29 heavy (non-hydrogen) atoms. The van der Waals surface area contributed by atoms with Gasteiger partial charge in [-0.05, 0) is 48.2 Å². The molecule has 0 bridgehead atoms. The van der Waals surface area contributed by atoms with Gasteiger partial charge in [0.15, 0.2) is 0 Å².